The number of nitrogens with zero attached hydrogens (tertiary/aromatic N) is 1. The van der Waals surface area contributed by atoms with Crippen LogP contribution in [-0.2, 0) is 16.1 Å². The first kappa shape index (κ1) is 18.0. The second kappa shape index (κ2) is 7.60. The predicted molar refractivity (Wildman–Crippen MR) is 101 cm³/mol. The van der Waals surface area contributed by atoms with E-state index in [4.69, 9.17) is 9.47 Å². The van der Waals surface area contributed by atoms with Crippen molar-refractivity contribution in [3.05, 3.63) is 64.5 Å². The monoisotopic (exact) mass is 352 g/mol. The molecule has 1 N–H and O–H groups in total. The smallest absolute Gasteiger partial charge is 0.336 e. The highest BCUT2D eigenvalue weighted by atomic mass is 16.5. The zero-order chi connectivity index (χ0) is 18.7. The number of benzene rings is 1. The van der Waals surface area contributed by atoms with E-state index in [0.717, 1.165) is 28.1 Å². The quantitative estimate of drug-likeness (QED) is 0.811. The van der Waals surface area contributed by atoms with Crippen LogP contribution >= 0.6 is 0 Å². The number of esters is 1. The van der Waals surface area contributed by atoms with Gasteiger partial charge in [-0.25, -0.2) is 9.78 Å². The van der Waals surface area contributed by atoms with E-state index in [9.17, 15) is 4.79 Å². The summed E-state index contributed by atoms with van der Waals surface area (Å²) in [6.45, 7) is 8.58. The lowest BCUT2D eigenvalue weighted by molar-refractivity contribution is -0.140. The first-order chi connectivity index (χ1) is 12.5. The number of carbonyl (C=O) groups excluding carboxylic acids is 1. The Kier molecular flexibility index (Phi) is 5.26. The molecule has 1 atom stereocenters. The highest BCUT2D eigenvalue weighted by Gasteiger charge is 2.32. The van der Waals surface area contributed by atoms with Crippen molar-refractivity contribution in [2.45, 2.75) is 40.2 Å². The van der Waals surface area contributed by atoms with Crippen LogP contribution < -0.4 is 10.1 Å². The zero-order valence-electron chi connectivity index (χ0n) is 15.6. The molecule has 0 saturated heterocycles. The van der Waals surface area contributed by atoms with Gasteiger partial charge in [0, 0.05) is 23.4 Å². The van der Waals surface area contributed by atoms with Crippen molar-refractivity contribution in [3.8, 4) is 5.88 Å². The molecule has 2 aromatic rings. The van der Waals surface area contributed by atoms with Gasteiger partial charge in [0.1, 0.15) is 6.61 Å². The summed E-state index contributed by atoms with van der Waals surface area (Å²) in [6.07, 6.45) is 1.79. The van der Waals surface area contributed by atoms with Crippen LogP contribution in [0.2, 0.25) is 0 Å². The van der Waals surface area contributed by atoms with Gasteiger partial charge in [0.25, 0.3) is 0 Å². The van der Waals surface area contributed by atoms with Crippen LogP contribution in [0.1, 0.15) is 43.4 Å². The van der Waals surface area contributed by atoms with Crippen LogP contribution in [0.15, 0.2) is 47.8 Å². The molecule has 5 nitrogen and oxygen atoms in total. The number of ether oxygens (including phenoxy) is 2. The Balaban J connectivity index is 1.87. The van der Waals surface area contributed by atoms with Crippen LogP contribution in [0.4, 0.5) is 5.69 Å². The summed E-state index contributed by atoms with van der Waals surface area (Å²) in [5, 5.41) is 3.35. The number of pyridine rings is 1. The number of anilines is 1. The molecule has 0 spiro atoms. The van der Waals surface area contributed by atoms with Gasteiger partial charge >= 0.3 is 5.97 Å². The number of hydrogen-bond acceptors (Lipinski definition) is 5. The standard InChI is InChI=1S/C21H24N2O3/c1-5-25-20-18-14(3)17(15(4)23-19(18)13(2)11-22-20)21(24)26-12-16-9-7-6-8-10-16/h6-11,14,23H,5,12H2,1-4H3. The lowest BCUT2D eigenvalue weighted by Crippen LogP contribution is -2.23. The normalized spacial score (nSPS) is 15.9. The van der Waals surface area contributed by atoms with E-state index < -0.39 is 0 Å². The fraction of sp³-hybridized carbons (Fsp3) is 0.333. The maximum Gasteiger partial charge on any atom is 0.336 e. The van der Waals surface area contributed by atoms with Crippen molar-refractivity contribution in [3.63, 3.8) is 0 Å². The Hall–Kier alpha value is -2.82. The van der Waals surface area contributed by atoms with E-state index in [1.165, 1.54) is 0 Å². The number of aromatic nitrogens is 1. The minimum Gasteiger partial charge on any atom is -0.478 e. The first-order valence-corrected chi connectivity index (χ1v) is 8.84. The molecule has 136 valence electrons. The first-order valence-electron chi connectivity index (χ1n) is 8.84. The molecule has 1 unspecified atom stereocenters. The van der Waals surface area contributed by atoms with Gasteiger partial charge in [0.15, 0.2) is 0 Å². The lowest BCUT2D eigenvalue weighted by atomic mass is 9.87. The molecule has 5 heteroatoms. The molecule has 1 aliphatic rings. The Labute approximate surface area is 154 Å². The van der Waals surface area contributed by atoms with Crippen molar-refractivity contribution in [2.24, 2.45) is 0 Å². The summed E-state index contributed by atoms with van der Waals surface area (Å²) >= 11 is 0. The highest BCUT2D eigenvalue weighted by molar-refractivity contribution is 5.94. The fourth-order valence-corrected chi connectivity index (χ4v) is 3.28. The number of hydrogen-bond donors (Lipinski definition) is 1. The minimum atomic E-state index is -0.319. The van der Waals surface area contributed by atoms with E-state index in [1.807, 2.05) is 58.0 Å². The predicted octanol–water partition coefficient (Wildman–Crippen LogP) is 4.34. The number of nitrogens with one attached hydrogen (secondary N) is 1. The number of fused-ring (bicyclic) bond motifs is 1. The van der Waals surface area contributed by atoms with Crippen molar-refractivity contribution < 1.29 is 14.3 Å². The Morgan fingerprint density at radius 1 is 1.23 bits per heavy atom. The van der Waals surface area contributed by atoms with E-state index >= 15 is 0 Å². The van der Waals surface area contributed by atoms with E-state index in [0.29, 0.717) is 18.1 Å². The SMILES string of the molecule is CCOc1ncc(C)c2c1C(C)C(C(=O)OCc1ccccc1)=C(C)N2. The van der Waals surface area contributed by atoms with Crippen LogP contribution in [-0.4, -0.2) is 17.6 Å². The van der Waals surface area contributed by atoms with Gasteiger partial charge in [0.2, 0.25) is 5.88 Å². The molecule has 26 heavy (non-hydrogen) atoms. The Bertz CT molecular complexity index is 844. The lowest BCUT2D eigenvalue weighted by Gasteiger charge is -2.29. The van der Waals surface area contributed by atoms with E-state index in [1.54, 1.807) is 6.20 Å². The van der Waals surface area contributed by atoms with E-state index in [-0.39, 0.29) is 18.5 Å². The Morgan fingerprint density at radius 2 is 1.96 bits per heavy atom. The largest absolute Gasteiger partial charge is 0.478 e. The van der Waals surface area contributed by atoms with Gasteiger partial charge in [-0.3, -0.25) is 0 Å². The summed E-state index contributed by atoms with van der Waals surface area (Å²) < 4.78 is 11.3. The number of allylic oxidation sites excluding steroid dienone is 1. The molecular weight excluding hydrogens is 328 g/mol. The molecule has 1 aliphatic heterocycles. The number of rotatable bonds is 5. The van der Waals surface area contributed by atoms with Gasteiger partial charge in [-0.1, -0.05) is 37.3 Å². The molecule has 0 radical (unpaired) electrons. The van der Waals surface area contributed by atoms with Crippen molar-refractivity contribution in [1.82, 2.24) is 4.98 Å². The van der Waals surface area contributed by atoms with Crippen LogP contribution in [0.3, 0.4) is 0 Å². The second-order valence-electron chi connectivity index (χ2n) is 6.42. The van der Waals surface area contributed by atoms with Crippen LogP contribution in [0, 0.1) is 6.92 Å². The summed E-state index contributed by atoms with van der Waals surface area (Å²) in [5.74, 6) is 0.0818. The second-order valence-corrected chi connectivity index (χ2v) is 6.42. The molecule has 1 aromatic heterocycles. The molecule has 0 fully saturated rings. The third-order valence-electron chi connectivity index (χ3n) is 4.57. The third-order valence-corrected chi connectivity index (χ3v) is 4.57. The molecular formula is C21H24N2O3. The van der Waals surface area contributed by atoms with Crippen molar-refractivity contribution in [2.75, 3.05) is 11.9 Å². The summed E-state index contributed by atoms with van der Waals surface area (Å²) in [7, 11) is 0. The topological polar surface area (TPSA) is 60.5 Å². The van der Waals surface area contributed by atoms with Crippen molar-refractivity contribution >= 4 is 11.7 Å². The van der Waals surface area contributed by atoms with Gasteiger partial charge < -0.3 is 14.8 Å². The fourth-order valence-electron chi connectivity index (χ4n) is 3.28. The molecule has 3 rings (SSSR count). The van der Waals surface area contributed by atoms with Crippen LogP contribution in [0.25, 0.3) is 0 Å². The average Bonchev–Trinajstić information content (AvgIpc) is 2.63. The molecule has 0 bridgehead atoms. The zero-order valence-corrected chi connectivity index (χ0v) is 15.6. The average molecular weight is 352 g/mol. The van der Waals surface area contributed by atoms with Gasteiger partial charge in [-0.2, -0.15) is 0 Å². The van der Waals surface area contributed by atoms with Gasteiger partial charge in [-0.05, 0) is 31.9 Å². The van der Waals surface area contributed by atoms with Gasteiger partial charge in [0.05, 0.1) is 17.9 Å². The molecule has 0 saturated carbocycles. The number of carbonyl (C=O) groups is 1. The maximum absolute atomic E-state index is 12.8. The maximum atomic E-state index is 12.8. The summed E-state index contributed by atoms with van der Waals surface area (Å²) in [5.41, 5.74) is 5.27. The minimum absolute atomic E-state index is 0.163. The van der Waals surface area contributed by atoms with E-state index in [2.05, 4.69) is 10.3 Å². The molecule has 0 aliphatic carbocycles. The third kappa shape index (κ3) is 3.43. The van der Waals surface area contributed by atoms with Gasteiger partial charge in [-0.15, -0.1) is 0 Å². The number of aryl methyl sites for hydroxylation is 1. The molecule has 2 heterocycles. The highest BCUT2D eigenvalue weighted by Crippen LogP contribution is 2.43. The summed E-state index contributed by atoms with van der Waals surface area (Å²) in [6, 6.07) is 9.67. The molecule has 0 amide bonds. The Morgan fingerprint density at radius 3 is 2.65 bits per heavy atom. The summed E-state index contributed by atoms with van der Waals surface area (Å²) in [4.78, 5) is 17.2. The van der Waals surface area contributed by atoms with Crippen LogP contribution in [0.5, 0.6) is 5.88 Å². The van der Waals surface area contributed by atoms with Crippen molar-refractivity contribution in [1.29, 1.82) is 0 Å². The molecule has 1 aromatic carbocycles.